The van der Waals surface area contributed by atoms with Gasteiger partial charge in [-0.2, -0.15) is 13.5 Å². The molecule has 0 unspecified atom stereocenters. The summed E-state index contributed by atoms with van der Waals surface area (Å²) in [6, 6.07) is 15.8. The van der Waals surface area contributed by atoms with E-state index in [2.05, 4.69) is 15.5 Å². The van der Waals surface area contributed by atoms with Crippen LogP contribution < -0.4 is 44.7 Å². The van der Waals surface area contributed by atoms with E-state index < -0.39 is 26.7 Å². The summed E-state index contributed by atoms with van der Waals surface area (Å²) in [5, 5.41) is 25.1. The van der Waals surface area contributed by atoms with E-state index >= 15 is 0 Å². The van der Waals surface area contributed by atoms with Crippen LogP contribution in [0.1, 0.15) is 29.8 Å². The Morgan fingerprint density at radius 3 is 2.45 bits per heavy atom. The zero-order valence-electron chi connectivity index (χ0n) is 21.7. The van der Waals surface area contributed by atoms with Gasteiger partial charge < -0.3 is 15.2 Å². The first kappa shape index (κ1) is 31.8. The van der Waals surface area contributed by atoms with Crippen molar-refractivity contribution in [2.45, 2.75) is 25.2 Å². The Hall–Kier alpha value is -2.70. The van der Waals surface area contributed by atoms with Crippen LogP contribution in [0.25, 0.3) is 10.8 Å². The zero-order chi connectivity index (χ0) is 28.3. The van der Waals surface area contributed by atoms with Crippen LogP contribution >= 0.6 is 23.2 Å². The number of carbonyl (C=O) groups excluding carboxylic acids is 1. The number of benzene rings is 4. The number of nitrogens with one attached hydrogen (secondary N) is 1. The average Bonchev–Trinajstić information content (AvgIpc) is 2.89. The van der Waals surface area contributed by atoms with Gasteiger partial charge in [0.15, 0.2) is 5.75 Å². The number of halogens is 2. The third-order valence-electron chi connectivity index (χ3n) is 5.78. The van der Waals surface area contributed by atoms with Crippen molar-refractivity contribution in [1.29, 1.82) is 0 Å². The first-order valence-electron chi connectivity index (χ1n) is 11.7. The maximum atomic E-state index is 13.5. The Bertz CT molecular complexity index is 1730. The molecule has 0 aromatic heterocycles. The van der Waals surface area contributed by atoms with Crippen LogP contribution in [0.15, 0.2) is 75.8 Å². The summed E-state index contributed by atoms with van der Waals surface area (Å²) in [6.45, 7) is 3.83. The Labute approximate surface area is 263 Å². The second-order valence-electron chi connectivity index (χ2n) is 8.24. The molecule has 2 N–H and O–H groups in total. The van der Waals surface area contributed by atoms with Crippen LogP contribution in [0.2, 0.25) is 10.0 Å². The molecule has 13 heteroatoms. The number of hydrogen-bond acceptors (Lipinski definition) is 7. The summed E-state index contributed by atoms with van der Waals surface area (Å²) < 4.78 is 39.5. The van der Waals surface area contributed by atoms with Gasteiger partial charge in [-0.15, -0.1) is 5.11 Å². The summed E-state index contributed by atoms with van der Waals surface area (Å²) in [6.07, 6.45) is 0.406. The van der Waals surface area contributed by atoms with Gasteiger partial charge in [-0.3, -0.25) is 9.35 Å². The Morgan fingerprint density at radius 2 is 1.77 bits per heavy atom. The van der Waals surface area contributed by atoms with Gasteiger partial charge in [-0.25, -0.2) is 0 Å². The van der Waals surface area contributed by atoms with Crippen molar-refractivity contribution in [3.63, 3.8) is 0 Å². The number of rotatable bonds is 8. The molecular formula is C27H22Cl2N3NaO6S. The molecular weight excluding hydrogens is 588 g/mol. The summed E-state index contributed by atoms with van der Waals surface area (Å²) in [5.74, 6) is -1.23. The molecule has 0 aliphatic rings. The Morgan fingerprint density at radius 1 is 1.05 bits per heavy atom. The molecule has 202 valence electrons. The zero-order valence-corrected chi connectivity index (χ0v) is 26.1. The van der Waals surface area contributed by atoms with Gasteiger partial charge >= 0.3 is 29.6 Å². The van der Waals surface area contributed by atoms with Crippen molar-refractivity contribution in [2.75, 3.05) is 11.9 Å². The number of aryl methyl sites for hydroxylation is 1. The third-order valence-corrected chi connectivity index (χ3v) is 7.55. The molecule has 4 aromatic rings. The SMILES string of the molecule is CCOc1c(Cl)cccc1NC(=O)c1cc2ccccc2c(N=Nc2ccc(CC)c(Cl)c2S(=O)(=O)O)c1[O-].[Na+]. The fourth-order valence-corrected chi connectivity index (χ4v) is 5.50. The van der Waals surface area contributed by atoms with Crippen LogP contribution in [0.3, 0.4) is 0 Å². The van der Waals surface area contributed by atoms with Gasteiger partial charge in [0, 0.05) is 10.9 Å². The second-order valence-corrected chi connectivity index (χ2v) is 10.4. The molecule has 1 amide bonds. The van der Waals surface area contributed by atoms with E-state index in [0.29, 0.717) is 29.4 Å². The molecule has 0 heterocycles. The predicted octanol–water partition coefficient (Wildman–Crippen LogP) is 4.10. The molecule has 9 nitrogen and oxygen atoms in total. The third kappa shape index (κ3) is 6.60. The summed E-state index contributed by atoms with van der Waals surface area (Å²) >= 11 is 12.4. The first-order valence-corrected chi connectivity index (χ1v) is 13.9. The molecule has 0 radical (unpaired) electrons. The van der Waals surface area contributed by atoms with Crippen molar-refractivity contribution < 1.29 is 57.2 Å². The molecule has 0 atom stereocenters. The number of para-hydroxylation sites is 1. The molecule has 0 saturated heterocycles. The van der Waals surface area contributed by atoms with E-state index in [1.54, 1.807) is 62.4 Å². The van der Waals surface area contributed by atoms with Gasteiger partial charge in [0.2, 0.25) is 0 Å². The van der Waals surface area contributed by atoms with Crippen LogP contribution in [-0.2, 0) is 16.5 Å². The van der Waals surface area contributed by atoms with Gasteiger partial charge in [0.1, 0.15) is 10.6 Å². The van der Waals surface area contributed by atoms with Crippen LogP contribution in [-0.4, -0.2) is 25.5 Å². The molecule has 4 rings (SSSR count). The van der Waals surface area contributed by atoms with Crippen LogP contribution in [0.5, 0.6) is 11.5 Å². The summed E-state index contributed by atoms with van der Waals surface area (Å²) in [5.41, 5.74) is 0.0435. The van der Waals surface area contributed by atoms with Crippen molar-refractivity contribution >= 4 is 67.1 Å². The van der Waals surface area contributed by atoms with Crippen molar-refractivity contribution in [2.24, 2.45) is 10.2 Å². The van der Waals surface area contributed by atoms with Crippen LogP contribution in [0, 0.1) is 0 Å². The van der Waals surface area contributed by atoms with E-state index in [4.69, 9.17) is 27.9 Å². The number of fused-ring (bicyclic) bond motifs is 1. The first-order chi connectivity index (χ1) is 18.6. The normalized spacial score (nSPS) is 11.4. The van der Waals surface area contributed by atoms with E-state index in [9.17, 15) is 22.9 Å². The molecule has 0 spiro atoms. The number of ether oxygens (including phenoxy) is 1. The molecule has 0 fully saturated rings. The van der Waals surface area contributed by atoms with Crippen LogP contribution in [0.4, 0.5) is 17.1 Å². The van der Waals surface area contributed by atoms with Crippen molar-refractivity contribution in [1.82, 2.24) is 0 Å². The smallest absolute Gasteiger partial charge is 0.870 e. The fraction of sp³-hybridized carbons (Fsp3) is 0.148. The number of anilines is 1. The largest absolute Gasteiger partial charge is 1.00 e. The van der Waals surface area contributed by atoms with E-state index in [-0.39, 0.29) is 68.0 Å². The number of azo groups is 1. The minimum Gasteiger partial charge on any atom is -0.870 e. The molecule has 0 saturated carbocycles. The van der Waals surface area contributed by atoms with E-state index in [1.165, 1.54) is 12.1 Å². The fourth-order valence-electron chi connectivity index (χ4n) is 3.95. The maximum Gasteiger partial charge on any atom is 1.00 e. The molecule has 0 bridgehead atoms. The predicted molar refractivity (Wildman–Crippen MR) is 149 cm³/mol. The standard InChI is InChI=1S/C27H23Cl2N3O6S.Na/c1-3-15-12-13-21(26(22(15)29)39(35,36)37)31-32-23-17-9-6-5-8-16(17)14-18(24(23)33)27(34)30-20-11-7-10-19(28)25(20)38-4-2;/h5-14,33H,3-4H2,1-2H3,(H,30,34)(H,35,36,37);/q;+1/p-1. The minimum atomic E-state index is -4.77. The topological polar surface area (TPSA) is 140 Å². The average molecular weight is 610 g/mol. The van der Waals surface area contributed by atoms with Gasteiger partial charge in [0.25, 0.3) is 16.0 Å². The van der Waals surface area contributed by atoms with Gasteiger partial charge in [-0.1, -0.05) is 72.3 Å². The second kappa shape index (κ2) is 13.3. The Balaban J connectivity index is 0.00000441. The molecule has 0 aliphatic heterocycles. The number of nitrogens with zero attached hydrogens (tertiary/aromatic N) is 2. The summed E-state index contributed by atoms with van der Waals surface area (Å²) in [4.78, 5) is 12.6. The van der Waals surface area contributed by atoms with Gasteiger partial charge in [-0.05, 0) is 48.6 Å². The van der Waals surface area contributed by atoms with Crippen molar-refractivity contribution in [3.8, 4) is 11.5 Å². The monoisotopic (exact) mass is 609 g/mol. The minimum absolute atomic E-state index is 0. The molecule has 40 heavy (non-hydrogen) atoms. The van der Waals surface area contributed by atoms with Gasteiger partial charge in [0.05, 0.1) is 28.0 Å². The Kier molecular flexibility index (Phi) is 10.6. The quantitative estimate of drug-likeness (QED) is 0.175. The molecule has 4 aromatic carbocycles. The maximum absolute atomic E-state index is 13.5. The summed E-state index contributed by atoms with van der Waals surface area (Å²) in [7, 11) is -4.77. The molecule has 0 aliphatic carbocycles. The number of hydrogen-bond donors (Lipinski definition) is 2. The van der Waals surface area contributed by atoms with E-state index in [1.807, 2.05) is 0 Å². The number of carbonyl (C=O) groups is 1. The number of amides is 1. The van der Waals surface area contributed by atoms with E-state index in [0.717, 1.165) is 0 Å². The van der Waals surface area contributed by atoms with Crippen molar-refractivity contribution in [3.05, 3.63) is 81.8 Å².